The minimum atomic E-state index is 1.04. The Hall–Kier alpha value is 0. The summed E-state index contributed by atoms with van der Waals surface area (Å²) in [5.74, 6) is 4.36. The van der Waals surface area contributed by atoms with Gasteiger partial charge in [-0.3, -0.25) is 0 Å². The van der Waals surface area contributed by atoms with Crippen LogP contribution in [0.15, 0.2) is 0 Å². The lowest BCUT2D eigenvalue weighted by molar-refractivity contribution is 0.140. The van der Waals surface area contributed by atoms with Crippen LogP contribution in [0.1, 0.15) is 237 Å². The van der Waals surface area contributed by atoms with Crippen LogP contribution in [-0.4, -0.2) is 0 Å². The highest BCUT2D eigenvalue weighted by Gasteiger charge is 2.29. The highest BCUT2D eigenvalue weighted by atomic mass is 14.3. The molecule has 3 aliphatic carbocycles. The Bertz CT molecular complexity index is 345. The number of hydrogen-bond donors (Lipinski definition) is 0. The van der Waals surface area contributed by atoms with Gasteiger partial charge in [0, 0.05) is 0 Å². The Morgan fingerprint density at radius 3 is 1.12 bits per heavy atom. The highest BCUT2D eigenvalue weighted by Crippen LogP contribution is 2.41. The normalized spacial score (nSPS) is 20.4. The van der Waals surface area contributed by atoms with Gasteiger partial charge in [-0.15, -0.1) is 0 Å². The molecule has 0 heteroatoms. The third-order valence-corrected chi connectivity index (χ3v) is 8.62. The molecule has 0 nitrogen and oxygen atoms in total. The second-order valence-corrected chi connectivity index (χ2v) is 12.7. The summed E-state index contributed by atoms with van der Waals surface area (Å²) in [6.45, 7) is 26.1. The molecule has 3 saturated carbocycles. The Morgan fingerprint density at radius 2 is 0.775 bits per heavy atom. The average Bonchev–Trinajstić information content (AvgIpc) is 3.03. The highest BCUT2D eigenvalue weighted by molar-refractivity contribution is 4.80. The largest absolute Gasteiger partial charge is 0.0683 e. The van der Waals surface area contributed by atoms with Gasteiger partial charge in [0.15, 0.2) is 0 Å². The fourth-order valence-electron chi connectivity index (χ4n) is 5.58. The summed E-state index contributed by atoms with van der Waals surface area (Å²) in [4.78, 5) is 0. The van der Waals surface area contributed by atoms with Gasteiger partial charge < -0.3 is 0 Å². The maximum Gasteiger partial charge on any atom is -0.0360 e. The number of rotatable bonds is 7. The molecule has 3 aliphatic rings. The van der Waals surface area contributed by atoms with Gasteiger partial charge in [0.2, 0.25) is 0 Å². The van der Waals surface area contributed by atoms with E-state index in [-0.39, 0.29) is 0 Å². The van der Waals surface area contributed by atoms with Crippen molar-refractivity contribution >= 4 is 0 Å². The maximum atomic E-state index is 2.50. The van der Waals surface area contributed by atoms with Crippen molar-refractivity contribution in [1.82, 2.24) is 0 Å². The third kappa shape index (κ3) is 36.0. The topological polar surface area (TPSA) is 0 Å². The summed E-state index contributed by atoms with van der Waals surface area (Å²) < 4.78 is 0. The van der Waals surface area contributed by atoms with E-state index in [0.717, 1.165) is 23.7 Å². The fraction of sp³-hybridized carbons (Fsp3) is 1.00. The number of hydrogen-bond acceptors (Lipinski definition) is 0. The van der Waals surface area contributed by atoms with Crippen molar-refractivity contribution in [2.45, 2.75) is 237 Å². The first-order valence-corrected chi connectivity index (χ1v) is 19.5. The molecular weight excluding hydrogens is 480 g/mol. The fourth-order valence-corrected chi connectivity index (χ4v) is 5.58. The first-order valence-electron chi connectivity index (χ1n) is 19.5. The van der Waals surface area contributed by atoms with Crippen molar-refractivity contribution in [2.75, 3.05) is 0 Å². The van der Waals surface area contributed by atoms with Crippen molar-refractivity contribution in [3.05, 3.63) is 0 Å². The molecule has 0 amide bonds. The van der Waals surface area contributed by atoms with Crippen LogP contribution in [0.25, 0.3) is 0 Å². The van der Waals surface area contributed by atoms with E-state index >= 15 is 0 Å². The van der Waals surface area contributed by atoms with E-state index in [1.165, 1.54) is 135 Å². The number of unbranched alkanes of at least 4 members (excludes halogenated alkanes) is 4. The molecule has 0 radical (unpaired) electrons. The molecule has 0 bridgehead atoms. The Labute approximate surface area is 260 Å². The molecule has 0 saturated heterocycles. The first-order chi connectivity index (χ1) is 19.5. The van der Waals surface area contributed by atoms with E-state index in [1.54, 1.807) is 19.3 Å². The van der Waals surface area contributed by atoms with Gasteiger partial charge in [-0.05, 0) is 30.1 Å². The Morgan fingerprint density at radius 1 is 0.425 bits per heavy atom. The molecule has 0 spiro atoms. The van der Waals surface area contributed by atoms with Gasteiger partial charge in [-0.1, -0.05) is 231 Å². The maximum absolute atomic E-state index is 2.50. The van der Waals surface area contributed by atoms with E-state index in [2.05, 4.69) is 69.2 Å². The van der Waals surface area contributed by atoms with Crippen LogP contribution in [0.2, 0.25) is 0 Å². The summed E-state index contributed by atoms with van der Waals surface area (Å²) >= 11 is 0. The van der Waals surface area contributed by atoms with Gasteiger partial charge in [-0.2, -0.15) is 0 Å². The summed E-state index contributed by atoms with van der Waals surface area (Å²) in [5.41, 5.74) is 0. The molecule has 2 atom stereocenters. The van der Waals surface area contributed by atoms with Crippen LogP contribution in [-0.2, 0) is 0 Å². The van der Waals surface area contributed by atoms with Crippen LogP contribution in [0.3, 0.4) is 0 Å². The molecule has 0 aromatic rings. The zero-order chi connectivity index (χ0) is 31.3. The van der Waals surface area contributed by atoms with E-state index < -0.39 is 0 Å². The minimum Gasteiger partial charge on any atom is -0.0683 e. The lowest BCUT2D eigenvalue weighted by Crippen LogP contribution is -2.26. The Kier molecular flexibility index (Phi) is 51.0. The SMILES string of the molecule is CC.CC1CCCCC1C1CCCCC1.CCC.CCCC.CCCC.CCCC.CCCCC1CCCCC1. The predicted octanol–water partition coefficient (Wildman–Crippen LogP) is 16.0. The van der Waals surface area contributed by atoms with E-state index in [4.69, 9.17) is 0 Å². The molecule has 40 heavy (non-hydrogen) atoms. The lowest BCUT2D eigenvalue weighted by atomic mass is 9.69. The van der Waals surface area contributed by atoms with Crippen LogP contribution >= 0.6 is 0 Å². The van der Waals surface area contributed by atoms with E-state index in [1.807, 2.05) is 13.8 Å². The first kappa shape index (κ1) is 46.9. The monoisotopic (exact) mass is 569 g/mol. The van der Waals surface area contributed by atoms with Crippen LogP contribution < -0.4 is 0 Å². The van der Waals surface area contributed by atoms with Crippen molar-refractivity contribution in [3.8, 4) is 0 Å². The van der Waals surface area contributed by atoms with E-state index in [0.29, 0.717) is 0 Å². The molecule has 2 unspecified atom stereocenters. The van der Waals surface area contributed by atoms with Gasteiger partial charge in [-0.25, -0.2) is 0 Å². The second-order valence-electron chi connectivity index (χ2n) is 12.7. The van der Waals surface area contributed by atoms with Gasteiger partial charge in [0.25, 0.3) is 0 Å². The molecule has 3 rings (SSSR count). The van der Waals surface area contributed by atoms with Crippen molar-refractivity contribution in [1.29, 1.82) is 0 Å². The summed E-state index contributed by atoms with van der Waals surface area (Å²) in [6.07, 6.45) is 34.8. The van der Waals surface area contributed by atoms with E-state index in [9.17, 15) is 0 Å². The quantitative estimate of drug-likeness (QED) is 0.286. The summed E-state index contributed by atoms with van der Waals surface area (Å²) in [7, 11) is 0. The third-order valence-electron chi connectivity index (χ3n) is 8.62. The Balaban J connectivity index is -0.000000213. The van der Waals surface area contributed by atoms with Gasteiger partial charge in [0.1, 0.15) is 0 Å². The van der Waals surface area contributed by atoms with Crippen LogP contribution in [0, 0.1) is 23.7 Å². The summed E-state index contributed by atoms with van der Waals surface area (Å²) in [5, 5.41) is 0. The van der Waals surface area contributed by atoms with Gasteiger partial charge >= 0.3 is 0 Å². The lowest BCUT2D eigenvalue weighted by Gasteiger charge is -2.37. The minimum absolute atomic E-state index is 1.04. The van der Waals surface area contributed by atoms with Crippen LogP contribution in [0.5, 0.6) is 0 Å². The molecule has 248 valence electrons. The van der Waals surface area contributed by atoms with Crippen molar-refractivity contribution in [2.24, 2.45) is 23.7 Å². The molecule has 0 aliphatic heterocycles. The molecule has 3 fully saturated rings. The average molecular weight is 569 g/mol. The summed E-state index contributed by atoms with van der Waals surface area (Å²) in [6, 6.07) is 0. The van der Waals surface area contributed by atoms with Gasteiger partial charge in [0.05, 0.1) is 0 Å². The van der Waals surface area contributed by atoms with Crippen molar-refractivity contribution < 1.29 is 0 Å². The molecule has 0 aromatic heterocycles. The zero-order valence-electron chi connectivity index (χ0n) is 31.3. The zero-order valence-corrected chi connectivity index (χ0v) is 31.3. The standard InChI is InChI=1S/C13H24.C10H20.3C4H10.C3H8.C2H6/c1-11-7-5-6-10-13(11)12-8-3-2-4-9-12;1-2-3-7-10-8-5-4-6-9-10;3*1-3-4-2;1-3-2;1-2/h11-13H,2-10H2,1H3;10H,2-9H2,1H3;3*3-4H2,1-2H3;3H2,1-2H3;1-2H3. The van der Waals surface area contributed by atoms with Crippen LogP contribution in [0.4, 0.5) is 0 Å². The molecular formula is C40H88. The van der Waals surface area contributed by atoms with Crippen molar-refractivity contribution in [3.63, 3.8) is 0 Å². The molecule has 0 aromatic carbocycles. The molecule has 0 N–H and O–H groups in total. The second kappa shape index (κ2) is 43.5. The predicted molar refractivity (Wildman–Crippen MR) is 193 cm³/mol. The smallest absolute Gasteiger partial charge is 0.0360 e. The molecule has 0 heterocycles.